The Hall–Kier alpha value is -1.71. The minimum Gasteiger partial charge on any atom is -0.368 e. The highest BCUT2D eigenvalue weighted by molar-refractivity contribution is 7.89. The van der Waals surface area contributed by atoms with Crippen LogP contribution >= 0.6 is 0 Å². The van der Waals surface area contributed by atoms with Crippen molar-refractivity contribution >= 4 is 21.6 Å². The van der Waals surface area contributed by atoms with Gasteiger partial charge in [-0.1, -0.05) is 0 Å². The first-order chi connectivity index (χ1) is 12.5. The molecule has 26 heavy (non-hydrogen) atoms. The molecule has 7 nitrogen and oxygen atoms in total. The molecular weight excluding hydrogens is 359 g/mol. The molecule has 3 rings (SSSR count). The number of hydrogen-bond acceptors (Lipinski definition) is 5. The van der Waals surface area contributed by atoms with Gasteiger partial charge in [-0.25, -0.2) is 17.1 Å². The summed E-state index contributed by atoms with van der Waals surface area (Å²) in [6, 6.07) is 5.75. The Morgan fingerprint density at radius 2 is 1.88 bits per heavy atom. The minimum absolute atomic E-state index is 0.0763. The highest BCUT2D eigenvalue weighted by Crippen LogP contribution is 2.16. The minimum atomic E-state index is -3.29. The number of sulfonamides is 1. The third kappa shape index (κ3) is 4.72. The van der Waals surface area contributed by atoms with Crippen molar-refractivity contribution in [1.29, 1.82) is 0 Å². The Kier molecular flexibility index (Phi) is 6.10. The van der Waals surface area contributed by atoms with Gasteiger partial charge in [-0.2, -0.15) is 0 Å². The second-order valence-corrected chi connectivity index (χ2v) is 8.73. The standard InChI is InChI=1S/C17H25FN4O3S/c18-14-3-5-15(6-4-14)21-11-7-19-16(13-21)17(23)20-8-12-26(24,25)22-9-1-2-10-22/h3-6,16,19H,1-2,7-13H2,(H,20,23). The molecular formula is C17H25FN4O3S. The number of carbonyl (C=O) groups is 1. The molecule has 0 bridgehead atoms. The van der Waals surface area contributed by atoms with Gasteiger partial charge in [-0.3, -0.25) is 4.79 Å². The van der Waals surface area contributed by atoms with E-state index in [1.54, 1.807) is 12.1 Å². The Bertz CT molecular complexity index is 720. The highest BCUT2D eigenvalue weighted by atomic mass is 32.2. The van der Waals surface area contributed by atoms with Crippen molar-refractivity contribution in [2.75, 3.05) is 49.9 Å². The smallest absolute Gasteiger partial charge is 0.239 e. The van der Waals surface area contributed by atoms with Gasteiger partial charge in [0.15, 0.2) is 0 Å². The lowest BCUT2D eigenvalue weighted by Crippen LogP contribution is -2.57. The summed E-state index contributed by atoms with van der Waals surface area (Å²) in [5, 5.41) is 5.86. The van der Waals surface area contributed by atoms with Gasteiger partial charge >= 0.3 is 0 Å². The van der Waals surface area contributed by atoms with Crippen LogP contribution in [0.1, 0.15) is 12.8 Å². The van der Waals surface area contributed by atoms with Crippen LogP contribution in [0.3, 0.4) is 0 Å². The van der Waals surface area contributed by atoms with Crippen LogP contribution in [-0.2, 0) is 14.8 Å². The summed E-state index contributed by atoms with van der Waals surface area (Å²) in [6.45, 7) is 3.06. The Morgan fingerprint density at radius 1 is 1.19 bits per heavy atom. The molecule has 9 heteroatoms. The van der Waals surface area contributed by atoms with Crippen molar-refractivity contribution in [2.24, 2.45) is 0 Å². The van der Waals surface area contributed by atoms with E-state index in [9.17, 15) is 17.6 Å². The lowest BCUT2D eigenvalue weighted by Gasteiger charge is -2.34. The first kappa shape index (κ1) is 19.1. The van der Waals surface area contributed by atoms with Crippen molar-refractivity contribution in [3.05, 3.63) is 30.1 Å². The quantitative estimate of drug-likeness (QED) is 0.730. The lowest BCUT2D eigenvalue weighted by molar-refractivity contribution is -0.123. The molecule has 1 aromatic rings. The Labute approximate surface area is 153 Å². The van der Waals surface area contributed by atoms with E-state index in [4.69, 9.17) is 0 Å². The predicted octanol–water partition coefficient (Wildman–Crippen LogP) is 0.146. The molecule has 2 saturated heterocycles. The fourth-order valence-corrected chi connectivity index (χ4v) is 4.77. The number of nitrogens with one attached hydrogen (secondary N) is 2. The van der Waals surface area contributed by atoms with E-state index >= 15 is 0 Å². The van der Waals surface area contributed by atoms with Crippen LogP contribution in [-0.4, -0.2) is 69.7 Å². The third-order valence-corrected chi connectivity index (χ3v) is 6.67. The number of piperazine rings is 1. The van der Waals surface area contributed by atoms with E-state index in [2.05, 4.69) is 10.6 Å². The summed E-state index contributed by atoms with van der Waals surface area (Å²) in [5.41, 5.74) is 0.863. The maximum absolute atomic E-state index is 13.1. The van der Waals surface area contributed by atoms with Gasteiger partial charge < -0.3 is 15.5 Å². The number of nitrogens with zero attached hydrogens (tertiary/aromatic N) is 2. The van der Waals surface area contributed by atoms with Gasteiger partial charge in [-0.15, -0.1) is 0 Å². The fraction of sp³-hybridized carbons (Fsp3) is 0.588. The number of amides is 1. The molecule has 0 saturated carbocycles. The molecule has 1 amide bonds. The lowest BCUT2D eigenvalue weighted by atomic mass is 10.1. The Morgan fingerprint density at radius 3 is 2.58 bits per heavy atom. The molecule has 1 aromatic carbocycles. The van der Waals surface area contributed by atoms with Gasteiger partial charge in [-0.05, 0) is 37.1 Å². The molecule has 0 aromatic heterocycles. The first-order valence-electron chi connectivity index (χ1n) is 8.95. The zero-order valence-electron chi connectivity index (χ0n) is 14.7. The number of anilines is 1. The maximum atomic E-state index is 13.1. The topological polar surface area (TPSA) is 81.8 Å². The van der Waals surface area contributed by atoms with Crippen LogP contribution in [0.2, 0.25) is 0 Å². The largest absolute Gasteiger partial charge is 0.368 e. The van der Waals surface area contributed by atoms with E-state index in [0.717, 1.165) is 25.1 Å². The van der Waals surface area contributed by atoms with Crippen LogP contribution < -0.4 is 15.5 Å². The fourth-order valence-electron chi connectivity index (χ4n) is 3.33. The molecule has 0 aliphatic carbocycles. The highest BCUT2D eigenvalue weighted by Gasteiger charge is 2.27. The van der Waals surface area contributed by atoms with Gasteiger partial charge in [0, 0.05) is 45.0 Å². The molecule has 1 unspecified atom stereocenters. The number of halogens is 1. The monoisotopic (exact) mass is 384 g/mol. The van der Waals surface area contributed by atoms with Crippen molar-refractivity contribution < 1.29 is 17.6 Å². The normalized spacial score (nSPS) is 21.7. The van der Waals surface area contributed by atoms with Crippen LogP contribution in [0.4, 0.5) is 10.1 Å². The third-order valence-electron chi connectivity index (χ3n) is 4.80. The summed E-state index contributed by atoms with van der Waals surface area (Å²) in [7, 11) is -3.29. The number of benzene rings is 1. The average Bonchev–Trinajstić information content (AvgIpc) is 3.18. The summed E-state index contributed by atoms with van der Waals surface area (Å²) in [4.78, 5) is 14.4. The zero-order valence-corrected chi connectivity index (χ0v) is 15.5. The second-order valence-electron chi connectivity index (χ2n) is 6.64. The van der Waals surface area contributed by atoms with E-state index in [1.165, 1.54) is 16.4 Å². The maximum Gasteiger partial charge on any atom is 0.239 e. The SMILES string of the molecule is O=C(NCCS(=O)(=O)N1CCCC1)C1CN(c2ccc(F)cc2)CCN1. The predicted molar refractivity (Wildman–Crippen MR) is 98.0 cm³/mol. The van der Waals surface area contributed by atoms with Crippen LogP contribution in [0.25, 0.3) is 0 Å². The molecule has 1 atom stereocenters. The molecule has 2 N–H and O–H groups in total. The number of hydrogen-bond donors (Lipinski definition) is 2. The number of carbonyl (C=O) groups excluding carboxylic acids is 1. The van der Waals surface area contributed by atoms with Crippen molar-refractivity contribution in [2.45, 2.75) is 18.9 Å². The summed E-state index contributed by atoms with van der Waals surface area (Å²) in [5.74, 6) is -0.585. The van der Waals surface area contributed by atoms with E-state index in [0.29, 0.717) is 26.2 Å². The van der Waals surface area contributed by atoms with Crippen molar-refractivity contribution in [3.63, 3.8) is 0 Å². The van der Waals surface area contributed by atoms with Crippen molar-refractivity contribution in [1.82, 2.24) is 14.9 Å². The summed E-state index contributed by atoms with van der Waals surface area (Å²) < 4.78 is 38.9. The van der Waals surface area contributed by atoms with Gasteiger partial charge in [0.1, 0.15) is 11.9 Å². The first-order valence-corrected chi connectivity index (χ1v) is 10.6. The van der Waals surface area contributed by atoms with Crippen LogP contribution in [0, 0.1) is 5.82 Å². The summed E-state index contributed by atoms with van der Waals surface area (Å²) >= 11 is 0. The van der Waals surface area contributed by atoms with Gasteiger partial charge in [0.25, 0.3) is 0 Å². The van der Waals surface area contributed by atoms with E-state index in [-0.39, 0.29) is 24.0 Å². The second kappa shape index (κ2) is 8.32. The molecule has 144 valence electrons. The number of rotatable bonds is 6. The van der Waals surface area contributed by atoms with E-state index in [1.807, 2.05) is 4.90 Å². The molecule has 2 aliphatic rings. The molecule has 0 spiro atoms. The van der Waals surface area contributed by atoms with Crippen molar-refractivity contribution in [3.8, 4) is 0 Å². The van der Waals surface area contributed by atoms with Gasteiger partial charge in [0.2, 0.25) is 15.9 Å². The molecule has 2 heterocycles. The van der Waals surface area contributed by atoms with Crippen LogP contribution in [0.5, 0.6) is 0 Å². The van der Waals surface area contributed by atoms with E-state index < -0.39 is 16.1 Å². The molecule has 2 fully saturated rings. The molecule has 2 aliphatic heterocycles. The molecule has 0 radical (unpaired) electrons. The summed E-state index contributed by atoms with van der Waals surface area (Å²) in [6.07, 6.45) is 1.80. The van der Waals surface area contributed by atoms with Crippen LogP contribution in [0.15, 0.2) is 24.3 Å². The average molecular weight is 384 g/mol. The zero-order chi connectivity index (χ0) is 18.6. The Balaban J connectivity index is 1.49. The van der Waals surface area contributed by atoms with Gasteiger partial charge in [0.05, 0.1) is 5.75 Å².